The molecule has 0 atom stereocenters. The third kappa shape index (κ3) is 3.35. The van der Waals surface area contributed by atoms with Crippen LogP contribution in [0, 0.1) is 5.82 Å². The second kappa shape index (κ2) is 6.06. The van der Waals surface area contributed by atoms with Crippen LogP contribution < -0.4 is 5.43 Å². The van der Waals surface area contributed by atoms with Crippen LogP contribution in [0.15, 0.2) is 47.8 Å². The molecular weight excluding hydrogens is 269 g/mol. The Morgan fingerprint density at radius 1 is 1.37 bits per heavy atom. The van der Waals surface area contributed by atoms with Crippen molar-refractivity contribution in [2.75, 3.05) is 0 Å². The zero-order chi connectivity index (χ0) is 13.7. The Hall–Kier alpha value is -2.27. The van der Waals surface area contributed by atoms with Crippen LogP contribution in [0.2, 0.25) is 5.02 Å². The lowest BCUT2D eigenvalue weighted by Crippen LogP contribution is -2.17. The van der Waals surface area contributed by atoms with E-state index in [2.05, 4.69) is 15.5 Å². The molecule has 1 heterocycles. The number of amides is 1. The summed E-state index contributed by atoms with van der Waals surface area (Å²) in [7, 11) is 0. The third-order valence-corrected chi connectivity index (χ3v) is 2.61. The molecule has 0 saturated carbocycles. The molecule has 0 radical (unpaired) electrons. The summed E-state index contributed by atoms with van der Waals surface area (Å²) >= 11 is 5.81. The molecule has 0 aliphatic rings. The van der Waals surface area contributed by atoms with Crippen LogP contribution >= 0.6 is 11.6 Å². The van der Waals surface area contributed by atoms with Crippen molar-refractivity contribution in [3.05, 3.63) is 64.7 Å². The number of benzene rings is 1. The molecule has 2 rings (SSSR count). The smallest absolute Gasteiger partial charge is 0.267 e. The highest BCUT2D eigenvalue weighted by atomic mass is 35.5. The number of nitrogens with zero attached hydrogens (tertiary/aromatic N) is 2. The zero-order valence-corrected chi connectivity index (χ0v) is 10.4. The molecule has 0 bridgehead atoms. The molecule has 0 aliphatic carbocycles. The number of hydrogen-bond donors (Lipinski definition) is 1. The SMILES string of the molecule is O=C(N/N=C/c1c(F)cccc1Cl)c1cccnc1. The van der Waals surface area contributed by atoms with Gasteiger partial charge >= 0.3 is 0 Å². The van der Waals surface area contributed by atoms with Crippen LogP contribution in [0.4, 0.5) is 4.39 Å². The van der Waals surface area contributed by atoms with Crippen molar-refractivity contribution >= 4 is 23.7 Å². The Bertz CT molecular complexity index is 596. The first kappa shape index (κ1) is 13.2. The summed E-state index contributed by atoms with van der Waals surface area (Å²) in [5, 5.41) is 3.88. The topological polar surface area (TPSA) is 54.4 Å². The van der Waals surface area contributed by atoms with E-state index in [0.717, 1.165) is 6.21 Å². The van der Waals surface area contributed by atoms with Crippen LogP contribution in [0.1, 0.15) is 15.9 Å². The number of pyridine rings is 1. The van der Waals surface area contributed by atoms with Gasteiger partial charge in [-0.25, -0.2) is 9.82 Å². The van der Waals surface area contributed by atoms with Crippen LogP contribution in [0.25, 0.3) is 0 Å². The van der Waals surface area contributed by atoms with E-state index in [1.54, 1.807) is 18.3 Å². The molecule has 96 valence electrons. The number of halogens is 2. The number of carbonyl (C=O) groups is 1. The van der Waals surface area contributed by atoms with Gasteiger partial charge in [0.1, 0.15) is 5.82 Å². The first-order valence-corrected chi connectivity index (χ1v) is 5.73. The Labute approximate surface area is 113 Å². The second-order valence-electron chi connectivity index (χ2n) is 3.58. The van der Waals surface area contributed by atoms with Gasteiger partial charge in [-0.2, -0.15) is 5.10 Å². The molecule has 0 aliphatic heterocycles. The average molecular weight is 278 g/mol. The van der Waals surface area contributed by atoms with E-state index in [1.807, 2.05) is 0 Å². The lowest BCUT2D eigenvalue weighted by molar-refractivity contribution is 0.0955. The first-order valence-electron chi connectivity index (χ1n) is 5.36. The summed E-state index contributed by atoms with van der Waals surface area (Å²) in [6, 6.07) is 7.51. The third-order valence-electron chi connectivity index (χ3n) is 2.28. The predicted molar refractivity (Wildman–Crippen MR) is 70.7 cm³/mol. The maximum absolute atomic E-state index is 13.4. The van der Waals surface area contributed by atoms with Crippen molar-refractivity contribution in [1.82, 2.24) is 10.4 Å². The molecule has 1 aromatic carbocycles. The number of aromatic nitrogens is 1. The standard InChI is InChI=1S/C13H9ClFN3O/c14-11-4-1-5-12(15)10(11)8-17-18-13(19)9-3-2-6-16-7-9/h1-8H,(H,18,19)/b17-8+. The summed E-state index contributed by atoms with van der Waals surface area (Å²) in [4.78, 5) is 15.4. The van der Waals surface area contributed by atoms with Gasteiger partial charge in [0.05, 0.1) is 16.8 Å². The molecule has 0 fully saturated rings. The van der Waals surface area contributed by atoms with E-state index in [9.17, 15) is 9.18 Å². The number of carbonyl (C=O) groups excluding carboxylic acids is 1. The monoisotopic (exact) mass is 277 g/mol. The lowest BCUT2D eigenvalue weighted by atomic mass is 10.2. The van der Waals surface area contributed by atoms with Crippen LogP contribution in [0.3, 0.4) is 0 Å². The van der Waals surface area contributed by atoms with E-state index >= 15 is 0 Å². The van der Waals surface area contributed by atoms with Crippen LogP contribution in [0.5, 0.6) is 0 Å². The molecule has 1 amide bonds. The van der Waals surface area contributed by atoms with Crippen molar-refractivity contribution in [2.45, 2.75) is 0 Å². The fourth-order valence-electron chi connectivity index (χ4n) is 1.35. The molecular formula is C13H9ClFN3O. The normalized spacial score (nSPS) is 10.6. The van der Waals surface area contributed by atoms with E-state index in [4.69, 9.17) is 11.6 Å². The van der Waals surface area contributed by atoms with Crippen molar-refractivity contribution in [3.63, 3.8) is 0 Å². The fraction of sp³-hybridized carbons (Fsp3) is 0. The van der Waals surface area contributed by atoms with Crippen molar-refractivity contribution in [2.24, 2.45) is 5.10 Å². The number of nitrogens with one attached hydrogen (secondary N) is 1. The quantitative estimate of drug-likeness (QED) is 0.693. The summed E-state index contributed by atoms with van der Waals surface area (Å²) in [6.07, 6.45) is 4.12. The minimum absolute atomic E-state index is 0.121. The van der Waals surface area contributed by atoms with Gasteiger partial charge in [-0.05, 0) is 24.3 Å². The van der Waals surface area contributed by atoms with E-state index in [-0.39, 0.29) is 10.6 Å². The van der Waals surface area contributed by atoms with E-state index in [1.165, 1.54) is 24.4 Å². The fourth-order valence-corrected chi connectivity index (χ4v) is 1.56. The number of rotatable bonds is 3. The Kier molecular flexibility index (Phi) is 4.20. The van der Waals surface area contributed by atoms with E-state index < -0.39 is 11.7 Å². The number of hydrazone groups is 1. The highest BCUT2D eigenvalue weighted by Gasteiger charge is 2.05. The Morgan fingerprint density at radius 3 is 2.89 bits per heavy atom. The van der Waals surface area contributed by atoms with Crippen molar-refractivity contribution < 1.29 is 9.18 Å². The zero-order valence-electron chi connectivity index (χ0n) is 9.68. The van der Waals surface area contributed by atoms with Gasteiger partial charge in [-0.3, -0.25) is 9.78 Å². The molecule has 0 saturated heterocycles. The Morgan fingerprint density at radius 2 is 2.21 bits per heavy atom. The molecule has 4 nitrogen and oxygen atoms in total. The van der Waals surface area contributed by atoms with Crippen LogP contribution in [-0.4, -0.2) is 17.1 Å². The maximum atomic E-state index is 13.4. The van der Waals surface area contributed by atoms with Gasteiger partial charge in [-0.15, -0.1) is 0 Å². The Balaban J connectivity index is 2.07. The minimum Gasteiger partial charge on any atom is -0.267 e. The van der Waals surface area contributed by atoms with Gasteiger partial charge in [0.15, 0.2) is 0 Å². The molecule has 0 spiro atoms. The van der Waals surface area contributed by atoms with Gasteiger partial charge in [-0.1, -0.05) is 17.7 Å². The molecule has 19 heavy (non-hydrogen) atoms. The van der Waals surface area contributed by atoms with Gasteiger partial charge in [0.25, 0.3) is 5.91 Å². The largest absolute Gasteiger partial charge is 0.272 e. The number of hydrogen-bond acceptors (Lipinski definition) is 3. The average Bonchev–Trinajstić information content (AvgIpc) is 2.43. The van der Waals surface area contributed by atoms with Gasteiger partial charge < -0.3 is 0 Å². The maximum Gasteiger partial charge on any atom is 0.272 e. The predicted octanol–water partition coefficient (Wildman–Crippen LogP) is 2.64. The molecule has 1 N–H and O–H groups in total. The summed E-state index contributed by atoms with van der Waals surface area (Å²) in [5.41, 5.74) is 2.75. The van der Waals surface area contributed by atoms with Gasteiger partial charge in [0, 0.05) is 18.0 Å². The summed E-state index contributed by atoms with van der Waals surface area (Å²) < 4.78 is 13.4. The highest BCUT2D eigenvalue weighted by molar-refractivity contribution is 6.33. The molecule has 0 unspecified atom stereocenters. The summed E-state index contributed by atoms with van der Waals surface area (Å²) in [5.74, 6) is -0.941. The van der Waals surface area contributed by atoms with Crippen molar-refractivity contribution in [3.8, 4) is 0 Å². The van der Waals surface area contributed by atoms with Crippen molar-refractivity contribution in [1.29, 1.82) is 0 Å². The van der Waals surface area contributed by atoms with Gasteiger partial charge in [0.2, 0.25) is 0 Å². The molecule has 2 aromatic rings. The lowest BCUT2D eigenvalue weighted by Gasteiger charge is -2.00. The van der Waals surface area contributed by atoms with Crippen LogP contribution in [-0.2, 0) is 0 Å². The second-order valence-corrected chi connectivity index (χ2v) is 3.98. The van der Waals surface area contributed by atoms with E-state index in [0.29, 0.717) is 5.56 Å². The molecule has 6 heteroatoms. The minimum atomic E-state index is -0.508. The highest BCUT2D eigenvalue weighted by Crippen LogP contribution is 2.16. The molecule has 1 aromatic heterocycles. The first-order chi connectivity index (χ1) is 9.18. The summed E-state index contributed by atoms with van der Waals surface area (Å²) in [6.45, 7) is 0.